The predicted molar refractivity (Wildman–Crippen MR) is 122 cm³/mol. The van der Waals surface area contributed by atoms with Crippen LogP contribution in [0.15, 0.2) is 12.2 Å². The van der Waals surface area contributed by atoms with Gasteiger partial charge in [-0.3, -0.25) is 0 Å². The fourth-order valence-corrected chi connectivity index (χ4v) is 8.98. The Balaban J connectivity index is 1.46. The van der Waals surface area contributed by atoms with Crippen LogP contribution < -0.4 is 0 Å². The predicted octanol–water partition coefficient (Wildman–Crippen LogP) is 5.12. The van der Waals surface area contributed by atoms with Crippen LogP contribution in [0, 0.1) is 46.3 Å². The molecule has 0 unspecified atom stereocenters. The lowest BCUT2D eigenvalue weighted by molar-refractivity contribution is -0.174. The van der Waals surface area contributed by atoms with Crippen LogP contribution in [0.4, 0.5) is 0 Å². The summed E-state index contributed by atoms with van der Waals surface area (Å²) in [4.78, 5) is 11.3. The number of carbonyl (C=O) groups excluding carboxylic acids is 1. The molecule has 0 spiro atoms. The van der Waals surface area contributed by atoms with Crippen LogP contribution in [0.5, 0.6) is 0 Å². The molecule has 0 radical (unpaired) electrons. The van der Waals surface area contributed by atoms with Gasteiger partial charge in [0.2, 0.25) is 0 Å². The summed E-state index contributed by atoms with van der Waals surface area (Å²) in [5.74, 6) is 3.22. The van der Waals surface area contributed by atoms with Gasteiger partial charge in [0.25, 0.3) is 0 Å². The number of hydrogen-bond acceptors (Lipinski definition) is 4. The molecule has 10 atom stereocenters. The number of allylic oxidation sites excluding steroid dienone is 1. The Bertz CT molecular complexity index is 689. The zero-order chi connectivity index (χ0) is 22.4. The van der Waals surface area contributed by atoms with E-state index in [-0.39, 0.29) is 18.2 Å². The van der Waals surface area contributed by atoms with Gasteiger partial charge in [0.05, 0.1) is 19.3 Å². The van der Waals surface area contributed by atoms with Gasteiger partial charge in [0.1, 0.15) is 0 Å². The highest BCUT2D eigenvalue weighted by Gasteiger charge is 2.62. The van der Waals surface area contributed by atoms with Gasteiger partial charge >= 0.3 is 5.97 Å². The largest absolute Gasteiger partial charge is 0.466 e. The fourth-order valence-electron chi connectivity index (χ4n) is 8.98. The summed E-state index contributed by atoms with van der Waals surface area (Å²) in [5.41, 5.74) is 0.623. The molecule has 4 aliphatic rings. The van der Waals surface area contributed by atoms with Gasteiger partial charge in [0.15, 0.2) is 0 Å². The second kappa shape index (κ2) is 8.82. The Hall–Kier alpha value is -0.870. The Morgan fingerprint density at radius 2 is 1.77 bits per heavy atom. The lowest BCUT2D eigenvalue weighted by Gasteiger charge is -2.62. The lowest BCUT2D eigenvalue weighted by Crippen LogP contribution is -2.58. The minimum Gasteiger partial charge on any atom is -0.466 e. The van der Waals surface area contributed by atoms with Crippen LogP contribution in [0.2, 0.25) is 0 Å². The van der Waals surface area contributed by atoms with Crippen LogP contribution in [-0.2, 0) is 9.53 Å². The average Bonchev–Trinajstić information content (AvgIpc) is 3.09. The molecule has 0 aliphatic heterocycles. The summed E-state index contributed by atoms with van der Waals surface area (Å²) in [5, 5.41) is 21.6. The molecule has 176 valence electrons. The van der Waals surface area contributed by atoms with Crippen molar-refractivity contribution >= 4 is 5.97 Å². The molecule has 4 nitrogen and oxygen atoms in total. The van der Waals surface area contributed by atoms with Crippen molar-refractivity contribution in [1.82, 2.24) is 0 Å². The van der Waals surface area contributed by atoms with Crippen LogP contribution in [-0.4, -0.2) is 35.5 Å². The summed E-state index contributed by atoms with van der Waals surface area (Å²) in [6, 6.07) is 0. The average molecular weight is 433 g/mol. The number of fused-ring (bicyclic) bond motifs is 5. The van der Waals surface area contributed by atoms with E-state index in [1.54, 1.807) is 6.08 Å². The zero-order valence-electron chi connectivity index (χ0n) is 20.1. The number of carbonyl (C=O) groups is 1. The van der Waals surface area contributed by atoms with Gasteiger partial charge in [-0.1, -0.05) is 26.8 Å². The molecule has 0 aromatic heterocycles. The summed E-state index contributed by atoms with van der Waals surface area (Å²) >= 11 is 0. The Labute approximate surface area is 188 Å². The standard InChI is InChI=1S/C27H44O4/c1-17(7-5-6-8-24(30)31-4)20-9-10-21-25-22(12-14-27(20,21)3)26(2)13-11-19(28)15-18(26)16-23(25)29/h6,8,17-23,25,28-29H,5,7,9-16H2,1-4H3/b8-6+/t17-,18+,19-,20-,21+,22+,23+,25+,26+,27-/m1/s1. The van der Waals surface area contributed by atoms with Gasteiger partial charge in [-0.05, 0) is 111 Å². The molecule has 31 heavy (non-hydrogen) atoms. The van der Waals surface area contributed by atoms with E-state index in [0.717, 1.165) is 38.5 Å². The fraction of sp³-hybridized carbons (Fsp3) is 0.889. The number of rotatable bonds is 5. The number of esters is 1. The lowest BCUT2D eigenvalue weighted by atomic mass is 9.43. The molecular formula is C27H44O4. The molecule has 4 heteroatoms. The number of aliphatic hydroxyl groups is 2. The molecule has 0 amide bonds. The molecular weight excluding hydrogens is 388 g/mol. The van der Waals surface area contributed by atoms with Gasteiger partial charge < -0.3 is 14.9 Å². The third-order valence-electron chi connectivity index (χ3n) is 10.7. The van der Waals surface area contributed by atoms with Crippen molar-refractivity contribution < 1.29 is 19.7 Å². The minimum absolute atomic E-state index is 0.166. The number of hydrogen-bond donors (Lipinski definition) is 2. The van der Waals surface area contributed by atoms with E-state index in [1.807, 2.05) is 6.08 Å². The summed E-state index contributed by atoms with van der Waals surface area (Å²) < 4.78 is 4.69. The van der Waals surface area contributed by atoms with Crippen molar-refractivity contribution in [2.24, 2.45) is 46.3 Å². The van der Waals surface area contributed by atoms with E-state index < -0.39 is 0 Å². The smallest absolute Gasteiger partial charge is 0.330 e. The maximum absolute atomic E-state index is 11.3. The molecule has 4 rings (SSSR count). The van der Waals surface area contributed by atoms with Gasteiger partial charge in [-0.25, -0.2) is 4.79 Å². The molecule has 0 saturated heterocycles. The second-order valence-electron chi connectivity index (χ2n) is 11.9. The van der Waals surface area contributed by atoms with Crippen molar-refractivity contribution in [2.75, 3.05) is 7.11 Å². The van der Waals surface area contributed by atoms with Crippen LogP contribution in [0.3, 0.4) is 0 Å². The van der Waals surface area contributed by atoms with E-state index >= 15 is 0 Å². The third kappa shape index (κ3) is 4.01. The molecule has 4 aliphatic carbocycles. The highest BCUT2D eigenvalue weighted by Crippen LogP contribution is 2.68. The summed E-state index contributed by atoms with van der Waals surface area (Å²) in [6.07, 6.45) is 14.1. The molecule has 4 saturated carbocycles. The normalized spacial score (nSPS) is 48.0. The number of aliphatic hydroxyl groups excluding tert-OH is 2. The van der Waals surface area contributed by atoms with Crippen LogP contribution >= 0.6 is 0 Å². The first-order valence-corrected chi connectivity index (χ1v) is 12.8. The molecule has 2 N–H and O–H groups in total. The number of ether oxygens (including phenoxy) is 1. The van der Waals surface area contributed by atoms with Gasteiger partial charge in [0, 0.05) is 6.08 Å². The highest BCUT2D eigenvalue weighted by atomic mass is 16.5. The van der Waals surface area contributed by atoms with Gasteiger partial charge in [-0.15, -0.1) is 0 Å². The highest BCUT2D eigenvalue weighted by molar-refractivity contribution is 5.81. The minimum atomic E-state index is -0.271. The Morgan fingerprint density at radius 3 is 2.52 bits per heavy atom. The van der Waals surface area contributed by atoms with E-state index in [4.69, 9.17) is 4.74 Å². The quantitative estimate of drug-likeness (QED) is 0.467. The van der Waals surface area contributed by atoms with Crippen molar-refractivity contribution in [3.8, 4) is 0 Å². The topological polar surface area (TPSA) is 66.8 Å². The molecule has 0 bridgehead atoms. The monoisotopic (exact) mass is 432 g/mol. The SMILES string of the molecule is COC(=O)/C=C/CC[C@@H](C)[C@H]1CC[C@H]2[C@@H]3[C@@H](O)C[C@@H]4C[C@H](O)CC[C@]4(C)[C@H]3CC[C@]12C. The van der Waals surface area contributed by atoms with E-state index in [1.165, 1.54) is 32.8 Å². The Morgan fingerprint density at radius 1 is 1.06 bits per heavy atom. The first-order valence-electron chi connectivity index (χ1n) is 12.8. The van der Waals surface area contributed by atoms with E-state index in [9.17, 15) is 15.0 Å². The van der Waals surface area contributed by atoms with Crippen molar-refractivity contribution in [3.63, 3.8) is 0 Å². The third-order valence-corrected chi connectivity index (χ3v) is 10.7. The van der Waals surface area contributed by atoms with E-state index in [0.29, 0.717) is 46.3 Å². The number of methoxy groups -OCH3 is 1. The first-order chi connectivity index (χ1) is 14.7. The van der Waals surface area contributed by atoms with E-state index in [2.05, 4.69) is 20.8 Å². The summed E-state index contributed by atoms with van der Waals surface area (Å²) in [6.45, 7) is 7.41. The first kappa shape index (κ1) is 23.3. The molecule has 0 aromatic rings. The maximum atomic E-state index is 11.3. The Kier molecular flexibility index (Phi) is 6.63. The molecule has 4 fully saturated rings. The second-order valence-corrected chi connectivity index (χ2v) is 11.9. The van der Waals surface area contributed by atoms with Crippen molar-refractivity contribution in [3.05, 3.63) is 12.2 Å². The van der Waals surface area contributed by atoms with Crippen LogP contribution in [0.25, 0.3) is 0 Å². The zero-order valence-corrected chi connectivity index (χ0v) is 20.1. The summed E-state index contributed by atoms with van der Waals surface area (Å²) in [7, 11) is 1.42. The van der Waals surface area contributed by atoms with Crippen LogP contribution in [0.1, 0.15) is 85.0 Å². The molecule has 0 aromatic carbocycles. The van der Waals surface area contributed by atoms with Gasteiger partial charge in [-0.2, -0.15) is 0 Å². The maximum Gasteiger partial charge on any atom is 0.330 e. The van der Waals surface area contributed by atoms with Crippen molar-refractivity contribution in [2.45, 2.75) is 97.2 Å². The van der Waals surface area contributed by atoms with Crippen molar-refractivity contribution in [1.29, 1.82) is 0 Å². The molecule has 0 heterocycles.